The lowest BCUT2D eigenvalue weighted by molar-refractivity contribution is 0.483. The van der Waals surface area contributed by atoms with Gasteiger partial charge in [0.25, 0.3) is 0 Å². The third kappa shape index (κ3) is 3.64. The first-order valence-electron chi connectivity index (χ1n) is 6.81. The Balaban J connectivity index is 2.07. The molecule has 1 heterocycles. The number of nitrogens with one attached hydrogen (secondary N) is 1. The third-order valence-electron chi connectivity index (χ3n) is 3.42. The van der Waals surface area contributed by atoms with Crippen molar-refractivity contribution in [3.05, 3.63) is 57.3 Å². The van der Waals surface area contributed by atoms with Crippen molar-refractivity contribution in [1.29, 1.82) is 0 Å². The average Bonchev–Trinajstić information content (AvgIpc) is 2.90. The Kier molecular flexibility index (Phi) is 5.26. The minimum atomic E-state index is -0.776. The number of hydrogen-bond acceptors (Lipinski definition) is 2. The molecule has 1 N–H and O–H groups in total. The monoisotopic (exact) mass is 295 g/mol. The standard InChI is InChI=1S/C16H19F2NS/c1-3-13-7-8-14(20-13)10-12(19-2)9-11-5-4-6-15(17)16(11)18/h4-8,12,19H,3,9-10H2,1-2H3. The Hall–Kier alpha value is -1.26. The Morgan fingerprint density at radius 1 is 1.10 bits per heavy atom. The number of likely N-dealkylation sites (N-methyl/N-ethyl adjacent to an activating group) is 1. The lowest BCUT2D eigenvalue weighted by Gasteiger charge is -2.16. The van der Waals surface area contributed by atoms with Crippen LogP contribution in [0.15, 0.2) is 30.3 Å². The van der Waals surface area contributed by atoms with Crippen molar-refractivity contribution in [3.63, 3.8) is 0 Å². The van der Waals surface area contributed by atoms with Crippen LogP contribution in [0.25, 0.3) is 0 Å². The molecule has 0 fully saturated rings. The molecule has 1 unspecified atom stereocenters. The van der Waals surface area contributed by atoms with Crippen molar-refractivity contribution in [3.8, 4) is 0 Å². The summed E-state index contributed by atoms with van der Waals surface area (Å²) >= 11 is 1.79. The molecule has 0 spiro atoms. The van der Waals surface area contributed by atoms with Crippen LogP contribution in [0.2, 0.25) is 0 Å². The molecule has 0 aliphatic rings. The highest BCUT2D eigenvalue weighted by atomic mass is 32.1. The van der Waals surface area contributed by atoms with E-state index >= 15 is 0 Å². The molecular weight excluding hydrogens is 276 g/mol. The van der Waals surface area contributed by atoms with Crippen LogP contribution in [0.4, 0.5) is 8.78 Å². The van der Waals surface area contributed by atoms with E-state index in [2.05, 4.69) is 24.4 Å². The van der Waals surface area contributed by atoms with Crippen molar-refractivity contribution >= 4 is 11.3 Å². The van der Waals surface area contributed by atoms with E-state index in [1.165, 1.54) is 9.75 Å². The maximum atomic E-state index is 13.7. The fraction of sp³-hybridized carbons (Fsp3) is 0.375. The van der Waals surface area contributed by atoms with Gasteiger partial charge in [-0.1, -0.05) is 19.1 Å². The molecule has 4 heteroatoms. The topological polar surface area (TPSA) is 12.0 Å². The lowest BCUT2D eigenvalue weighted by Crippen LogP contribution is -2.30. The predicted octanol–water partition coefficient (Wildman–Crippen LogP) is 3.96. The van der Waals surface area contributed by atoms with Crippen molar-refractivity contribution in [2.45, 2.75) is 32.2 Å². The van der Waals surface area contributed by atoms with Gasteiger partial charge in [0.05, 0.1) is 0 Å². The van der Waals surface area contributed by atoms with E-state index in [4.69, 9.17) is 0 Å². The Bertz CT molecular complexity index is 565. The van der Waals surface area contributed by atoms with Crippen LogP contribution in [0.3, 0.4) is 0 Å². The second kappa shape index (κ2) is 6.95. The van der Waals surface area contributed by atoms with Gasteiger partial charge in [0.2, 0.25) is 0 Å². The normalized spacial score (nSPS) is 12.6. The molecule has 0 aliphatic heterocycles. The average molecular weight is 295 g/mol. The molecule has 1 atom stereocenters. The van der Waals surface area contributed by atoms with Crippen molar-refractivity contribution in [2.24, 2.45) is 0 Å². The summed E-state index contributed by atoms with van der Waals surface area (Å²) in [5.74, 6) is -1.50. The van der Waals surface area contributed by atoms with Crippen LogP contribution in [0.1, 0.15) is 22.2 Å². The first-order chi connectivity index (χ1) is 9.63. The van der Waals surface area contributed by atoms with Gasteiger partial charge in [-0.2, -0.15) is 0 Å². The summed E-state index contributed by atoms with van der Waals surface area (Å²) in [5.41, 5.74) is 0.427. The number of rotatable bonds is 6. The van der Waals surface area contributed by atoms with Crippen LogP contribution < -0.4 is 5.32 Å². The summed E-state index contributed by atoms with van der Waals surface area (Å²) in [6.07, 6.45) is 2.35. The summed E-state index contributed by atoms with van der Waals surface area (Å²) in [4.78, 5) is 2.63. The van der Waals surface area contributed by atoms with Crippen LogP contribution in [-0.4, -0.2) is 13.1 Å². The van der Waals surface area contributed by atoms with E-state index in [0.717, 1.165) is 18.9 Å². The van der Waals surface area contributed by atoms with Gasteiger partial charge in [0.15, 0.2) is 11.6 Å². The molecule has 2 aromatic rings. The number of thiophene rings is 1. The van der Waals surface area contributed by atoms with Crippen LogP contribution >= 0.6 is 11.3 Å². The Morgan fingerprint density at radius 2 is 1.85 bits per heavy atom. The minimum Gasteiger partial charge on any atom is -0.316 e. The summed E-state index contributed by atoms with van der Waals surface area (Å²) in [7, 11) is 1.86. The van der Waals surface area contributed by atoms with Crippen LogP contribution in [0, 0.1) is 11.6 Å². The number of aryl methyl sites for hydroxylation is 1. The van der Waals surface area contributed by atoms with Gasteiger partial charge >= 0.3 is 0 Å². The van der Waals surface area contributed by atoms with Crippen LogP contribution in [0.5, 0.6) is 0 Å². The molecule has 0 bridgehead atoms. The summed E-state index contributed by atoms with van der Waals surface area (Å²) in [6, 6.07) is 8.72. The van der Waals surface area contributed by atoms with E-state index in [0.29, 0.717) is 12.0 Å². The van der Waals surface area contributed by atoms with Gasteiger partial charge < -0.3 is 5.32 Å². The molecule has 20 heavy (non-hydrogen) atoms. The highest BCUT2D eigenvalue weighted by Crippen LogP contribution is 2.20. The molecule has 1 aromatic heterocycles. The fourth-order valence-corrected chi connectivity index (χ4v) is 3.25. The molecule has 1 aromatic carbocycles. The highest BCUT2D eigenvalue weighted by Gasteiger charge is 2.14. The van der Waals surface area contributed by atoms with E-state index in [-0.39, 0.29) is 6.04 Å². The van der Waals surface area contributed by atoms with Gasteiger partial charge in [-0.25, -0.2) is 8.78 Å². The molecule has 108 valence electrons. The van der Waals surface area contributed by atoms with E-state index in [1.807, 2.05) is 7.05 Å². The highest BCUT2D eigenvalue weighted by molar-refractivity contribution is 7.11. The molecule has 0 aliphatic carbocycles. The minimum absolute atomic E-state index is 0.106. The zero-order valence-electron chi connectivity index (χ0n) is 11.7. The number of halogens is 2. The molecule has 0 amide bonds. The number of hydrogen-bond donors (Lipinski definition) is 1. The van der Waals surface area contributed by atoms with Gasteiger partial charge in [-0.15, -0.1) is 11.3 Å². The lowest BCUT2D eigenvalue weighted by atomic mass is 10.0. The Labute approximate surface area is 122 Å². The van der Waals surface area contributed by atoms with Gasteiger partial charge in [-0.3, -0.25) is 0 Å². The van der Waals surface area contributed by atoms with E-state index in [9.17, 15) is 8.78 Å². The summed E-state index contributed by atoms with van der Waals surface area (Å²) in [6.45, 7) is 2.13. The molecule has 1 nitrogen and oxygen atoms in total. The fourth-order valence-electron chi connectivity index (χ4n) is 2.21. The SMILES string of the molecule is CCc1ccc(CC(Cc2cccc(F)c2F)NC)s1. The van der Waals surface area contributed by atoms with E-state index < -0.39 is 11.6 Å². The third-order valence-corrected chi connectivity index (χ3v) is 4.67. The first-order valence-corrected chi connectivity index (χ1v) is 7.63. The smallest absolute Gasteiger partial charge is 0.162 e. The van der Waals surface area contributed by atoms with Crippen LogP contribution in [-0.2, 0) is 19.3 Å². The molecule has 2 rings (SSSR count). The summed E-state index contributed by atoms with van der Waals surface area (Å²) < 4.78 is 26.9. The zero-order chi connectivity index (χ0) is 14.5. The summed E-state index contributed by atoms with van der Waals surface area (Å²) in [5, 5.41) is 3.19. The zero-order valence-corrected chi connectivity index (χ0v) is 12.6. The van der Waals surface area contributed by atoms with Crippen molar-refractivity contribution in [1.82, 2.24) is 5.32 Å². The molecule has 0 saturated carbocycles. The van der Waals surface area contributed by atoms with E-state index in [1.54, 1.807) is 23.5 Å². The first kappa shape index (κ1) is 15.1. The largest absolute Gasteiger partial charge is 0.316 e. The molecule has 0 radical (unpaired) electrons. The molecule has 0 saturated heterocycles. The maximum absolute atomic E-state index is 13.7. The van der Waals surface area contributed by atoms with Gasteiger partial charge in [-0.05, 0) is 50.1 Å². The number of benzene rings is 1. The second-order valence-corrected chi connectivity index (χ2v) is 6.08. The maximum Gasteiger partial charge on any atom is 0.162 e. The molecular formula is C16H19F2NS. The van der Waals surface area contributed by atoms with Crippen molar-refractivity contribution in [2.75, 3.05) is 7.05 Å². The quantitative estimate of drug-likeness (QED) is 0.850. The van der Waals surface area contributed by atoms with Gasteiger partial charge in [0, 0.05) is 15.8 Å². The van der Waals surface area contributed by atoms with Gasteiger partial charge in [0.1, 0.15) is 0 Å². The van der Waals surface area contributed by atoms with Crippen molar-refractivity contribution < 1.29 is 8.78 Å². The Morgan fingerprint density at radius 3 is 2.50 bits per heavy atom. The predicted molar refractivity (Wildman–Crippen MR) is 80.3 cm³/mol. The second-order valence-electron chi connectivity index (χ2n) is 4.83.